The Hall–Kier alpha value is -4.33. The first kappa shape index (κ1) is 20.9. The van der Waals surface area contributed by atoms with E-state index >= 15 is 0 Å². The number of carbonyl (C=O) groups excluding carboxylic acids is 1. The van der Waals surface area contributed by atoms with Gasteiger partial charge in [0.25, 0.3) is 0 Å². The molecule has 0 radical (unpaired) electrons. The topological polar surface area (TPSA) is 127 Å². The Labute approximate surface area is 181 Å². The van der Waals surface area contributed by atoms with Crippen molar-refractivity contribution in [1.82, 2.24) is 0 Å². The van der Waals surface area contributed by atoms with Crippen molar-refractivity contribution in [3.8, 4) is 17.1 Å². The highest BCUT2D eigenvalue weighted by molar-refractivity contribution is 5.88. The standard InChI is InChI=1S/C24H18O8/c1-30-20(25)12-16(21-22(26)15-4-2-3-5-18(15)32-24(21)29)19-11-10-17(31-19)13-6-8-14(9-7-13)23(27)28/h2-11,16,26H,12H2,1H3,(H,27,28)/t16-/m0/s1. The Kier molecular flexibility index (Phi) is 5.51. The van der Waals surface area contributed by atoms with Gasteiger partial charge in [0.1, 0.15) is 22.9 Å². The van der Waals surface area contributed by atoms with Crippen LogP contribution in [0.5, 0.6) is 5.75 Å². The number of para-hydroxylation sites is 1. The van der Waals surface area contributed by atoms with Gasteiger partial charge >= 0.3 is 17.6 Å². The van der Waals surface area contributed by atoms with Gasteiger partial charge in [-0.05, 0) is 36.4 Å². The SMILES string of the molecule is COC(=O)C[C@@H](c1ccc(-c2ccc(C(=O)O)cc2)o1)c1c(O)c2ccccc2oc1=O. The van der Waals surface area contributed by atoms with Crippen LogP contribution in [0.4, 0.5) is 0 Å². The number of carboxylic acid groups (broad SMARTS) is 1. The predicted octanol–water partition coefficient (Wildman–Crippen LogP) is 4.15. The van der Waals surface area contributed by atoms with Crippen LogP contribution in [0, 0.1) is 0 Å². The van der Waals surface area contributed by atoms with Crippen molar-refractivity contribution < 1.29 is 33.4 Å². The van der Waals surface area contributed by atoms with E-state index in [0.717, 1.165) is 0 Å². The molecule has 0 aliphatic heterocycles. The third-order valence-electron chi connectivity index (χ3n) is 5.15. The number of hydrogen-bond acceptors (Lipinski definition) is 7. The predicted molar refractivity (Wildman–Crippen MR) is 114 cm³/mol. The molecular weight excluding hydrogens is 416 g/mol. The number of benzene rings is 2. The van der Waals surface area contributed by atoms with Gasteiger partial charge in [0.05, 0.1) is 36.0 Å². The molecule has 0 aliphatic rings. The molecule has 162 valence electrons. The first-order valence-corrected chi connectivity index (χ1v) is 9.64. The molecule has 2 heterocycles. The second-order valence-electron chi connectivity index (χ2n) is 7.07. The first-order valence-electron chi connectivity index (χ1n) is 9.64. The number of carboxylic acids is 1. The smallest absolute Gasteiger partial charge is 0.343 e. The average molecular weight is 434 g/mol. The summed E-state index contributed by atoms with van der Waals surface area (Å²) < 4.78 is 16.0. The van der Waals surface area contributed by atoms with Crippen molar-refractivity contribution in [3.05, 3.63) is 88.0 Å². The van der Waals surface area contributed by atoms with Crippen molar-refractivity contribution in [1.29, 1.82) is 0 Å². The number of rotatable bonds is 6. The zero-order chi connectivity index (χ0) is 22.8. The summed E-state index contributed by atoms with van der Waals surface area (Å²) in [5.74, 6) is -2.27. The molecule has 2 aromatic carbocycles. The Balaban J connectivity index is 1.80. The summed E-state index contributed by atoms with van der Waals surface area (Å²) in [6, 6.07) is 15.8. The van der Waals surface area contributed by atoms with Gasteiger partial charge < -0.3 is 23.8 Å². The van der Waals surface area contributed by atoms with Crippen LogP contribution in [-0.2, 0) is 9.53 Å². The number of furan rings is 1. The van der Waals surface area contributed by atoms with Crippen molar-refractivity contribution in [2.45, 2.75) is 12.3 Å². The molecule has 2 N–H and O–H groups in total. The molecule has 0 saturated heterocycles. The van der Waals surface area contributed by atoms with Gasteiger partial charge in [-0.15, -0.1) is 0 Å². The van der Waals surface area contributed by atoms with Crippen LogP contribution >= 0.6 is 0 Å². The number of hydrogen-bond donors (Lipinski definition) is 2. The van der Waals surface area contributed by atoms with Crippen LogP contribution in [-0.4, -0.2) is 29.3 Å². The summed E-state index contributed by atoms with van der Waals surface area (Å²) in [6.45, 7) is 0. The van der Waals surface area contributed by atoms with E-state index in [0.29, 0.717) is 16.7 Å². The minimum atomic E-state index is -1.05. The lowest BCUT2D eigenvalue weighted by Crippen LogP contribution is -2.17. The van der Waals surface area contributed by atoms with Gasteiger partial charge in [-0.3, -0.25) is 4.79 Å². The van der Waals surface area contributed by atoms with E-state index in [-0.39, 0.29) is 34.6 Å². The van der Waals surface area contributed by atoms with Gasteiger partial charge in [-0.25, -0.2) is 9.59 Å². The van der Waals surface area contributed by atoms with Crippen LogP contribution in [0.2, 0.25) is 0 Å². The van der Waals surface area contributed by atoms with Crippen LogP contribution in [0.3, 0.4) is 0 Å². The van der Waals surface area contributed by atoms with E-state index in [1.165, 1.54) is 19.2 Å². The fraction of sp³-hybridized carbons (Fsp3) is 0.125. The van der Waals surface area contributed by atoms with Gasteiger partial charge in [0.2, 0.25) is 0 Å². The van der Waals surface area contributed by atoms with Gasteiger partial charge in [-0.2, -0.15) is 0 Å². The lowest BCUT2D eigenvalue weighted by molar-refractivity contribution is -0.140. The highest BCUT2D eigenvalue weighted by atomic mass is 16.5. The van der Waals surface area contributed by atoms with Crippen molar-refractivity contribution >= 4 is 22.9 Å². The Morgan fingerprint density at radius 2 is 1.72 bits per heavy atom. The summed E-state index contributed by atoms with van der Waals surface area (Å²) in [7, 11) is 1.22. The van der Waals surface area contributed by atoms with E-state index < -0.39 is 23.5 Å². The monoisotopic (exact) mass is 434 g/mol. The fourth-order valence-electron chi connectivity index (χ4n) is 3.52. The molecule has 4 rings (SSSR count). The molecule has 2 aromatic heterocycles. The molecule has 32 heavy (non-hydrogen) atoms. The molecule has 8 heteroatoms. The number of fused-ring (bicyclic) bond motifs is 1. The molecule has 0 spiro atoms. The van der Waals surface area contributed by atoms with Gasteiger partial charge in [-0.1, -0.05) is 24.3 Å². The maximum Gasteiger partial charge on any atom is 0.343 e. The van der Waals surface area contributed by atoms with Crippen LogP contribution in [0.25, 0.3) is 22.3 Å². The maximum atomic E-state index is 12.7. The molecule has 0 unspecified atom stereocenters. The fourth-order valence-corrected chi connectivity index (χ4v) is 3.52. The van der Waals surface area contributed by atoms with E-state index in [1.54, 1.807) is 48.5 Å². The normalized spacial score (nSPS) is 11.9. The summed E-state index contributed by atoms with van der Waals surface area (Å²) >= 11 is 0. The van der Waals surface area contributed by atoms with E-state index in [4.69, 9.17) is 18.7 Å². The van der Waals surface area contributed by atoms with Crippen molar-refractivity contribution in [3.63, 3.8) is 0 Å². The third kappa shape index (κ3) is 3.85. The van der Waals surface area contributed by atoms with Crippen molar-refractivity contribution in [2.75, 3.05) is 7.11 Å². The quantitative estimate of drug-likeness (QED) is 0.342. The molecule has 0 bridgehead atoms. The Bertz CT molecular complexity index is 1360. The molecule has 0 aliphatic carbocycles. The molecule has 8 nitrogen and oxygen atoms in total. The van der Waals surface area contributed by atoms with Crippen molar-refractivity contribution in [2.24, 2.45) is 0 Å². The summed E-state index contributed by atoms with van der Waals surface area (Å²) in [4.78, 5) is 35.9. The van der Waals surface area contributed by atoms with E-state index in [9.17, 15) is 19.5 Å². The number of aromatic hydroxyl groups is 1. The average Bonchev–Trinajstić information content (AvgIpc) is 3.28. The first-order chi connectivity index (χ1) is 15.4. The Morgan fingerprint density at radius 1 is 1.00 bits per heavy atom. The van der Waals surface area contributed by atoms with E-state index in [1.807, 2.05) is 0 Å². The van der Waals surface area contributed by atoms with Crippen LogP contribution in [0.1, 0.15) is 34.0 Å². The highest BCUT2D eigenvalue weighted by Gasteiger charge is 2.30. The zero-order valence-corrected chi connectivity index (χ0v) is 16.9. The summed E-state index contributed by atoms with van der Waals surface area (Å²) in [6.07, 6.45) is -0.266. The molecule has 0 amide bonds. The molecule has 0 fully saturated rings. The van der Waals surface area contributed by atoms with E-state index in [2.05, 4.69) is 0 Å². The number of methoxy groups -OCH3 is 1. The molecule has 0 saturated carbocycles. The number of carbonyl (C=O) groups is 2. The largest absolute Gasteiger partial charge is 0.507 e. The summed E-state index contributed by atoms with van der Waals surface area (Å²) in [5.41, 5.74) is 0.0416. The number of esters is 1. The summed E-state index contributed by atoms with van der Waals surface area (Å²) in [5, 5.41) is 20.2. The lowest BCUT2D eigenvalue weighted by Gasteiger charge is -2.15. The minimum absolute atomic E-state index is 0.115. The second-order valence-corrected chi connectivity index (χ2v) is 7.07. The Morgan fingerprint density at radius 3 is 2.41 bits per heavy atom. The lowest BCUT2D eigenvalue weighted by atomic mass is 9.93. The molecule has 1 atom stereocenters. The molecular formula is C24H18O8. The number of ether oxygens (including phenoxy) is 1. The number of aromatic carboxylic acids is 1. The highest BCUT2D eigenvalue weighted by Crippen LogP contribution is 2.38. The zero-order valence-electron chi connectivity index (χ0n) is 16.9. The third-order valence-corrected chi connectivity index (χ3v) is 5.15. The van der Waals surface area contributed by atoms with Gasteiger partial charge in [0.15, 0.2) is 0 Å². The maximum absolute atomic E-state index is 12.7. The minimum Gasteiger partial charge on any atom is -0.507 e. The second kappa shape index (κ2) is 8.43. The van der Waals surface area contributed by atoms with Crippen LogP contribution in [0.15, 0.2) is 74.3 Å². The molecule has 4 aromatic rings. The van der Waals surface area contributed by atoms with Crippen LogP contribution < -0.4 is 5.63 Å². The van der Waals surface area contributed by atoms with Gasteiger partial charge in [0, 0.05) is 5.56 Å².